The maximum atomic E-state index is 9.34. The zero-order valence-electron chi connectivity index (χ0n) is 7.50. The van der Waals surface area contributed by atoms with Crippen molar-refractivity contribution in [2.75, 3.05) is 27.2 Å². The van der Waals surface area contributed by atoms with Crippen molar-refractivity contribution in [2.45, 2.75) is 14.9 Å². The van der Waals surface area contributed by atoms with Crippen LogP contribution in [0.4, 0.5) is 0 Å². The van der Waals surface area contributed by atoms with Gasteiger partial charge in [0.1, 0.15) is 6.29 Å². The number of carbonyl (C=O) groups excluding carboxylic acids is 1. The van der Waals surface area contributed by atoms with Crippen LogP contribution in [-0.2, 0) is 4.79 Å². The molecule has 0 bridgehead atoms. The summed E-state index contributed by atoms with van der Waals surface area (Å²) in [5.41, 5.74) is 0. The molecule has 0 saturated heterocycles. The van der Waals surface area contributed by atoms with Crippen LogP contribution < -0.4 is 10.6 Å². The van der Waals surface area contributed by atoms with Crippen molar-refractivity contribution in [1.82, 2.24) is 10.6 Å². The second-order valence-electron chi connectivity index (χ2n) is 1.81. The molecule has 0 aromatic carbocycles. The molecule has 0 heterocycles. The summed E-state index contributed by atoms with van der Waals surface area (Å²) in [7, 11) is 3.57. The number of aldehydes is 1. The predicted molar refractivity (Wildman–Crippen MR) is 62.1 cm³/mol. The lowest BCUT2D eigenvalue weighted by molar-refractivity contribution is -0.107. The third-order valence-electron chi connectivity index (χ3n) is 0.802. The average Bonchev–Trinajstić information content (AvgIpc) is 2.08. The number of rotatable bonds is 4. The van der Waals surface area contributed by atoms with Crippen molar-refractivity contribution in [3.63, 3.8) is 0 Å². The molecule has 0 rings (SSSR count). The molecule has 0 aromatic rings. The number of nitrogens with one attached hydrogen (secondary N) is 2. The number of carbonyl (C=O) groups is 1. The number of likely N-dealkylation sites (N-methyl/N-ethyl adjacent to an activating group) is 2. The lowest BCUT2D eigenvalue weighted by atomic mass is 10.5. The van der Waals surface area contributed by atoms with Crippen LogP contribution >= 0.6 is 0 Å². The first-order chi connectivity index (χ1) is 5.83. The van der Waals surface area contributed by atoms with Crippen LogP contribution in [0.15, 0.2) is 12.2 Å². The Kier molecular flexibility index (Phi) is 48.9. The molecule has 14 heavy (non-hydrogen) atoms. The molecular formula is C10H23N3O. The number of hydrogen-bond donors (Lipinski definition) is 2. The van der Waals surface area contributed by atoms with E-state index in [2.05, 4.69) is 10.6 Å². The van der Waals surface area contributed by atoms with Crippen LogP contribution in [0.1, 0.15) is 14.9 Å². The van der Waals surface area contributed by atoms with E-state index in [0.717, 1.165) is 12.8 Å². The van der Waals surface area contributed by atoms with Gasteiger partial charge in [-0.25, -0.2) is 0 Å². The average molecular weight is 201 g/mol. The SMILES string of the molecule is C.C.CNC/C=C/C#N.CNCC=O. The third-order valence-corrected chi connectivity index (χ3v) is 0.802. The summed E-state index contributed by atoms with van der Waals surface area (Å²) in [5, 5.41) is 13.4. The van der Waals surface area contributed by atoms with Crippen molar-refractivity contribution < 1.29 is 4.79 Å². The summed E-state index contributed by atoms with van der Waals surface area (Å²) >= 11 is 0. The van der Waals surface area contributed by atoms with Gasteiger partial charge in [0.2, 0.25) is 0 Å². The summed E-state index contributed by atoms with van der Waals surface area (Å²) in [6, 6.07) is 1.88. The summed E-state index contributed by atoms with van der Waals surface area (Å²) in [6.07, 6.45) is 4.04. The molecule has 0 aromatic heterocycles. The van der Waals surface area contributed by atoms with E-state index in [0.29, 0.717) is 6.54 Å². The molecule has 0 spiro atoms. The molecule has 0 unspecified atom stereocenters. The molecule has 0 aliphatic carbocycles. The van der Waals surface area contributed by atoms with Crippen LogP contribution in [0.2, 0.25) is 0 Å². The summed E-state index contributed by atoms with van der Waals surface area (Å²) in [6.45, 7) is 1.23. The van der Waals surface area contributed by atoms with Crippen LogP contribution in [0.5, 0.6) is 0 Å². The smallest absolute Gasteiger partial charge is 0.133 e. The van der Waals surface area contributed by atoms with Crippen molar-refractivity contribution in [1.29, 1.82) is 5.26 Å². The topological polar surface area (TPSA) is 64.9 Å². The summed E-state index contributed by atoms with van der Waals surface area (Å²) < 4.78 is 0. The molecule has 0 atom stereocenters. The first-order valence-electron chi connectivity index (χ1n) is 3.60. The Morgan fingerprint density at radius 3 is 1.93 bits per heavy atom. The summed E-state index contributed by atoms with van der Waals surface area (Å²) in [4.78, 5) is 9.34. The normalized spacial score (nSPS) is 7.21. The molecule has 0 saturated carbocycles. The van der Waals surface area contributed by atoms with Gasteiger partial charge in [0.05, 0.1) is 12.6 Å². The minimum atomic E-state index is 0. The van der Waals surface area contributed by atoms with Crippen LogP contribution in [-0.4, -0.2) is 33.5 Å². The minimum absolute atomic E-state index is 0. The number of allylic oxidation sites excluding steroid dienone is 1. The van der Waals surface area contributed by atoms with E-state index < -0.39 is 0 Å². The second kappa shape index (κ2) is 29.8. The highest BCUT2D eigenvalue weighted by Crippen LogP contribution is 1.62. The Morgan fingerprint density at radius 2 is 1.71 bits per heavy atom. The van der Waals surface area contributed by atoms with Gasteiger partial charge >= 0.3 is 0 Å². The van der Waals surface area contributed by atoms with Crippen LogP contribution in [0.3, 0.4) is 0 Å². The molecule has 2 N–H and O–H groups in total. The van der Waals surface area contributed by atoms with Gasteiger partial charge < -0.3 is 15.4 Å². The highest BCUT2D eigenvalue weighted by atomic mass is 16.1. The van der Waals surface area contributed by atoms with E-state index in [1.165, 1.54) is 6.08 Å². The van der Waals surface area contributed by atoms with Gasteiger partial charge in [-0.1, -0.05) is 20.9 Å². The Morgan fingerprint density at radius 1 is 1.21 bits per heavy atom. The first kappa shape index (κ1) is 23.0. The molecular weight excluding hydrogens is 178 g/mol. The van der Waals surface area contributed by atoms with Crippen LogP contribution in [0, 0.1) is 11.3 Å². The zero-order valence-corrected chi connectivity index (χ0v) is 7.50. The number of hydrogen-bond acceptors (Lipinski definition) is 4. The zero-order chi connectivity index (χ0) is 9.66. The van der Waals surface area contributed by atoms with Crippen LogP contribution in [0.25, 0.3) is 0 Å². The molecule has 4 heteroatoms. The van der Waals surface area contributed by atoms with Gasteiger partial charge in [-0.15, -0.1) is 0 Å². The fourth-order valence-corrected chi connectivity index (χ4v) is 0.313. The monoisotopic (exact) mass is 201 g/mol. The number of nitriles is 1. The van der Waals surface area contributed by atoms with Gasteiger partial charge in [-0.2, -0.15) is 5.26 Å². The largest absolute Gasteiger partial charge is 0.316 e. The van der Waals surface area contributed by atoms with Gasteiger partial charge in [0.25, 0.3) is 0 Å². The van der Waals surface area contributed by atoms with E-state index in [1.807, 2.05) is 13.1 Å². The van der Waals surface area contributed by atoms with Crippen molar-refractivity contribution >= 4 is 6.29 Å². The Bertz CT molecular complexity index is 150. The maximum Gasteiger partial charge on any atom is 0.133 e. The van der Waals surface area contributed by atoms with E-state index in [9.17, 15) is 4.79 Å². The molecule has 0 aliphatic heterocycles. The molecule has 0 fully saturated rings. The van der Waals surface area contributed by atoms with Gasteiger partial charge in [-0.05, 0) is 14.1 Å². The Balaban J connectivity index is -0.0000000651. The lowest BCUT2D eigenvalue weighted by Gasteiger charge is -1.81. The first-order valence-corrected chi connectivity index (χ1v) is 3.60. The fraction of sp³-hybridized carbons (Fsp3) is 0.600. The van der Waals surface area contributed by atoms with Crippen molar-refractivity contribution in [3.05, 3.63) is 12.2 Å². The van der Waals surface area contributed by atoms with E-state index in [-0.39, 0.29) is 14.9 Å². The van der Waals surface area contributed by atoms with E-state index in [4.69, 9.17) is 5.26 Å². The lowest BCUT2D eigenvalue weighted by Crippen LogP contribution is -2.07. The van der Waals surface area contributed by atoms with Gasteiger partial charge in [-0.3, -0.25) is 0 Å². The molecule has 0 aliphatic rings. The highest BCUT2D eigenvalue weighted by molar-refractivity contribution is 5.51. The van der Waals surface area contributed by atoms with Gasteiger partial charge in [0, 0.05) is 12.6 Å². The maximum absolute atomic E-state index is 9.34. The number of nitrogens with zero attached hydrogens (tertiary/aromatic N) is 1. The molecule has 0 amide bonds. The van der Waals surface area contributed by atoms with Gasteiger partial charge in [0.15, 0.2) is 0 Å². The van der Waals surface area contributed by atoms with E-state index in [1.54, 1.807) is 13.1 Å². The molecule has 4 nitrogen and oxygen atoms in total. The van der Waals surface area contributed by atoms with Crippen molar-refractivity contribution in [2.24, 2.45) is 0 Å². The minimum Gasteiger partial charge on any atom is -0.316 e. The third kappa shape index (κ3) is 44.9. The Hall–Kier alpha value is -1.18. The highest BCUT2D eigenvalue weighted by Gasteiger charge is 1.64. The standard InChI is InChI=1S/C5H8N2.C3H7NO.2CH4/c1-7-5-3-2-4-6;1-4-2-3-5;;/h2-3,7H,5H2,1H3;3-4H,2H2,1H3;2*1H4/b3-2+;;;. The summed E-state index contributed by atoms with van der Waals surface area (Å²) in [5.74, 6) is 0. The van der Waals surface area contributed by atoms with E-state index >= 15 is 0 Å². The Labute approximate surface area is 88.0 Å². The second-order valence-corrected chi connectivity index (χ2v) is 1.81. The predicted octanol–water partition coefficient (Wildman–Crippen LogP) is 0.962. The fourth-order valence-electron chi connectivity index (χ4n) is 0.313. The molecule has 0 radical (unpaired) electrons. The molecule has 84 valence electrons. The quantitative estimate of drug-likeness (QED) is 0.525. The van der Waals surface area contributed by atoms with Crippen molar-refractivity contribution in [3.8, 4) is 6.07 Å².